The van der Waals surface area contributed by atoms with Gasteiger partial charge in [-0.3, -0.25) is 4.79 Å². The molecule has 0 aromatic carbocycles. The molecule has 3 heteroatoms. The van der Waals surface area contributed by atoms with Crippen LogP contribution in [0.25, 0.3) is 0 Å². The highest BCUT2D eigenvalue weighted by atomic mass is 32.1. The summed E-state index contributed by atoms with van der Waals surface area (Å²) in [5.74, 6) is 0.536. The summed E-state index contributed by atoms with van der Waals surface area (Å²) in [4.78, 5) is 11.2. The van der Waals surface area contributed by atoms with Crippen LogP contribution < -0.4 is 0 Å². The van der Waals surface area contributed by atoms with Crippen LogP contribution in [0.1, 0.15) is 71.1 Å². The zero-order valence-corrected chi connectivity index (χ0v) is 13.3. The molecule has 0 atom stereocenters. The molecule has 0 heterocycles. The van der Waals surface area contributed by atoms with Crippen molar-refractivity contribution in [2.24, 2.45) is 0 Å². The van der Waals surface area contributed by atoms with Gasteiger partial charge in [0, 0.05) is 12.2 Å². The van der Waals surface area contributed by atoms with Gasteiger partial charge in [-0.25, -0.2) is 0 Å². The lowest BCUT2D eigenvalue weighted by Crippen LogP contribution is -2.06. The van der Waals surface area contributed by atoms with Crippen molar-refractivity contribution in [3.8, 4) is 0 Å². The summed E-state index contributed by atoms with van der Waals surface area (Å²) in [6.07, 6.45) is 16.1. The van der Waals surface area contributed by atoms with Gasteiger partial charge < -0.3 is 4.74 Å². The van der Waals surface area contributed by atoms with Crippen molar-refractivity contribution in [3.05, 3.63) is 12.2 Å². The van der Waals surface area contributed by atoms with Crippen molar-refractivity contribution in [2.75, 3.05) is 12.4 Å². The van der Waals surface area contributed by atoms with Gasteiger partial charge in [-0.05, 0) is 25.7 Å². The SMILES string of the molecule is CCC/C=C/CCCCCCCCC(=O)OCCS. The van der Waals surface area contributed by atoms with Gasteiger partial charge >= 0.3 is 5.97 Å². The van der Waals surface area contributed by atoms with Crippen LogP contribution in [-0.2, 0) is 9.53 Å². The molecular formula is C16H30O2S. The molecule has 0 rings (SSSR count). The van der Waals surface area contributed by atoms with Crippen LogP contribution in [0.3, 0.4) is 0 Å². The molecule has 0 radical (unpaired) electrons. The number of hydrogen-bond donors (Lipinski definition) is 1. The molecule has 0 unspecified atom stereocenters. The Morgan fingerprint density at radius 2 is 1.63 bits per heavy atom. The van der Waals surface area contributed by atoms with E-state index in [1.807, 2.05) is 0 Å². The minimum absolute atomic E-state index is 0.0740. The molecule has 0 aromatic heterocycles. The number of unbranched alkanes of at least 4 members (excludes halogenated alkanes) is 7. The number of ether oxygens (including phenoxy) is 1. The lowest BCUT2D eigenvalue weighted by Gasteiger charge is -2.03. The van der Waals surface area contributed by atoms with Crippen molar-refractivity contribution >= 4 is 18.6 Å². The van der Waals surface area contributed by atoms with E-state index in [1.165, 1.54) is 44.9 Å². The highest BCUT2D eigenvalue weighted by Gasteiger charge is 2.01. The quantitative estimate of drug-likeness (QED) is 0.225. The first-order valence-corrected chi connectivity index (χ1v) is 8.36. The Morgan fingerprint density at radius 3 is 2.32 bits per heavy atom. The van der Waals surface area contributed by atoms with E-state index in [1.54, 1.807) is 0 Å². The number of allylic oxidation sites excluding steroid dienone is 2. The molecule has 0 spiro atoms. The highest BCUT2D eigenvalue weighted by molar-refractivity contribution is 7.80. The molecule has 0 aromatic rings. The lowest BCUT2D eigenvalue weighted by atomic mass is 10.1. The van der Waals surface area contributed by atoms with Crippen molar-refractivity contribution in [1.82, 2.24) is 0 Å². The Kier molecular flexibility index (Phi) is 15.3. The number of esters is 1. The zero-order chi connectivity index (χ0) is 14.2. The zero-order valence-electron chi connectivity index (χ0n) is 12.4. The predicted octanol–water partition coefficient (Wildman–Crippen LogP) is 4.94. The van der Waals surface area contributed by atoms with Crippen molar-refractivity contribution in [1.29, 1.82) is 0 Å². The van der Waals surface area contributed by atoms with Crippen LogP contribution in [0.5, 0.6) is 0 Å². The average Bonchev–Trinajstić information content (AvgIpc) is 2.42. The van der Waals surface area contributed by atoms with Gasteiger partial charge in [0.2, 0.25) is 0 Å². The van der Waals surface area contributed by atoms with Gasteiger partial charge in [0.25, 0.3) is 0 Å². The summed E-state index contributed by atoms with van der Waals surface area (Å²) in [5.41, 5.74) is 0. The van der Waals surface area contributed by atoms with Gasteiger partial charge in [-0.1, -0.05) is 51.2 Å². The van der Waals surface area contributed by atoms with Crippen LogP contribution in [0.15, 0.2) is 12.2 Å². The lowest BCUT2D eigenvalue weighted by molar-refractivity contribution is -0.143. The van der Waals surface area contributed by atoms with Crippen LogP contribution in [0, 0.1) is 0 Å². The van der Waals surface area contributed by atoms with Gasteiger partial charge in [0.15, 0.2) is 0 Å². The van der Waals surface area contributed by atoms with Crippen molar-refractivity contribution in [2.45, 2.75) is 71.1 Å². The Balaban J connectivity index is 3.12. The predicted molar refractivity (Wildman–Crippen MR) is 85.8 cm³/mol. The highest BCUT2D eigenvalue weighted by Crippen LogP contribution is 2.09. The molecule has 0 N–H and O–H groups in total. The molecule has 2 nitrogen and oxygen atoms in total. The first-order valence-electron chi connectivity index (χ1n) is 7.72. The second kappa shape index (κ2) is 15.6. The molecule has 0 fully saturated rings. The smallest absolute Gasteiger partial charge is 0.305 e. The topological polar surface area (TPSA) is 26.3 Å². The van der Waals surface area contributed by atoms with E-state index in [0.717, 1.165) is 12.8 Å². The fourth-order valence-corrected chi connectivity index (χ4v) is 1.96. The molecule has 19 heavy (non-hydrogen) atoms. The molecule has 0 amide bonds. The standard InChI is InChI=1S/C16H30O2S/c1-2-3-4-5-6-7-8-9-10-11-12-13-16(17)18-14-15-19/h4-5,19H,2-3,6-15H2,1H3/b5-4+. The van der Waals surface area contributed by atoms with Gasteiger partial charge in [-0.15, -0.1) is 0 Å². The van der Waals surface area contributed by atoms with Crippen LogP contribution in [0.4, 0.5) is 0 Å². The molecule has 0 bridgehead atoms. The summed E-state index contributed by atoms with van der Waals surface area (Å²) in [6, 6.07) is 0. The fraction of sp³-hybridized carbons (Fsp3) is 0.812. The maximum absolute atomic E-state index is 11.2. The van der Waals surface area contributed by atoms with Gasteiger partial charge in [0.05, 0.1) is 0 Å². The van der Waals surface area contributed by atoms with Crippen LogP contribution >= 0.6 is 12.6 Å². The monoisotopic (exact) mass is 286 g/mol. The fourth-order valence-electron chi connectivity index (χ4n) is 1.87. The summed E-state index contributed by atoms with van der Waals surface area (Å²) < 4.78 is 4.96. The number of carbonyl (C=O) groups excluding carboxylic acids is 1. The molecule has 0 aliphatic carbocycles. The molecule has 0 saturated heterocycles. The number of carbonyl (C=O) groups is 1. The van der Waals surface area contributed by atoms with E-state index in [-0.39, 0.29) is 5.97 Å². The van der Waals surface area contributed by atoms with E-state index in [4.69, 9.17) is 4.74 Å². The summed E-state index contributed by atoms with van der Waals surface area (Å²) in [7, 11) is 0. The number of thiol groups is 1. The minimum Gasteiger partial charge on any atom is -0.465 e. The third kappa shape index (κ3) is 15.5. The summed E-state index contributed by atoms with van der Waals surface area (Å²) >= 11 is 4.00. The van der Waals surface area contributed by atoms with E-state index >= 15 is 0 Å². The van der Waals surface area contributed by atoms with E-state index < -0.39 is 0 Å². The van der Waals surface area contributed by atoms with Crippen LogP contribution in [-0.4, -0.2) is 18.3 Å². The van der Waals surface area contributed by atoms with E-state index in [2.05, 4.69) is 31.7 Å². The second-order valence-electron chi connectivity index (χ2n) is 4.86. The third-order valence-corrected chi connectivity index (χ3v) is 3.16. The normalized spacial score (nSPS) is 11.1. The Hall–Kier alpha value is -0.440. The van der Waals surface area contributed by atoms with E-state index in [9.17, 15) is 4.79 Å². The van der Waals surface area contributed by atoms with Gasteiger partial charge in [-0.2, -0.15) is 12.6 Å². The summed E-state index contributed by atoms with van der Waals surface area (Å²) in [5, 5.41) is 0. The molecule has 112 valence electrons. The summed E-state index contributed by atoms with van der Waals surface area (Å²) in [6.45, 7) is 2.64. The van der Waals surface area contributed by atoms with E-state index in [0.29, 0.717) is 18.8 Å². The maximum atomic E-state index is 11.2. The second-order valence-corrected chi connectivity index (χ2v) is 5.31. The Bertz CT molecular complexity index is 227. The van der Waals surface area contributed by atoms with Crippen LogP contribution in [0.2, 0.25) is 0 Å². The average molecular weight is 286 g/mol. The Morgan fingerprint density at radius 1 is 1.00 bits per heavy atom. The maximum Gasteiger partial charge on any atom is 0.305 e. The van der Waals surface area contributed by atoms with Gasteiger partial charge in [0.1, 0.15) is 6.61 Å². The molecule has 0 saturated carbocycles. The van der Waals surface area contributed by atoms with Crippen molar-refractivity contribution < 1.29 is 9.53 Å². The third-order valence-electron chi connectivity index (χ3n) is 2.98. The first kappa shape index (κ1) is 18.6. The first-order chi connectivity index (χ1) is 9.31. The Labute approximate surface area is 124 Å². The molecular weight excluding hydrogens is 256 g/mol. The minimum atomic E-state index is -0.0740. The molecule has 0 aliphatic heterocycles. The number of rotatable bonds is 13. The van der Waals surface area contributed by atoms with Crippen molar-refractivity contribution in [3.63, 3.8) is 0 Å². The number of hydrogen-bond acceptors (Lipinski definition) is 3. The molecule has 0 aliphatic rings. The largest absolute Gasteiger partial charge is 0.465 e.